The molecule has 1 aliphatic heterocycles. The molecule has 3 nitrogen and oxygen atoms in total. The second-order valence-corrected chi connectivity index (χ2v) is 3.92. The van der Waals surface area contributed by atoms with Crippen LogP contribution in [0.15, 0.2) is 0 Å². The molecule has 0 aliphatic carbocycles. The zero-order valence-corrected chi connectivity index (χ0v) is 7.39. The minimum Gasteiger partial charge on any atom is -0.457 e. The van der Waals surface area contributed by atoms with Crippen LogP contribution in [0.5, 0.6) is 0 Å². The Bertz CT molecular complexity index is 181. The number of ether oxygens (including phenoxy) is 1. The summed E-state index contributed by atoms with van der Waals surface area (Å²) in [6, 6.07) is 0. The molecule has 1 saturated heterocycles. The van der Waals surface area contributed by atoms with Crippen molar-refractivity contribution in [1.29, 1.82) is 0 Å². The van der Waals surface area contributed by atoms with Crippen molar-refractivity contribution in [3.8, 4) is 0 Å². The Balaban J connectivity index is 2.80. The van der Waals surface area contributed by atoms with Gasteiger partial charge in [0.1, 0.15) is 6.10 Å². The van der Waals surface area contributed by atoms with Crippen molar-refractivity contribution < 1.29 is 14.6 Å². The highest BCUT2D eigenvalue weighted by molar-refractivity contribution is 6.58. The van der Waals surface area contributed by atoms with Gasteiger partial charge in [0.15, 0.2) is 0 Å². The first-order valence-corrected chi connectivity index (χ1v) is 3.95. The maximum absolute atomic E-state index is 10.9. The lowest BCUT2D eigenvalue weighted by Crippen LogP contribution is -2.28. The van der Waals surface area contributed by atoms with Gasteiger partial charge >= 0.3 is 5.97 Å². The van der Waals surface area contributed by atoms with Crippen LogP contribution in [-0.4, -0.2) is 28.1 Å². The summed E-state index contributed by atoms with van der Waals surface area (Å²) < 4.78 is 3.19. The van der Waals surface area contributed by atoms with E-state index < -0.39 is 16.4 Å². The second-order valence-electron chi connectivity index (χ2n) is 2.54. The number of hydrogen-bond donors (Lipinski definition) is 1. The van der Waals surface area contributed by atoms with Gasteiger partial charge in [0.05, 0.1) is 6.61 Å². The Morgan fingerprint density at radius 1 is 1.73 bits per heavy atom. The summed E-state index contributed by atoms with van der Waals surface area (Å²) in [5, 5.41) is 8.69. The van der Waals surface area contributed by atoms with Gasteiger partial charge in [0.25, 0.3) is 0 Å². The summed E-state index contributed by atoms with van der Waals surface area (Å²) >= 11 is 11.2. The fraction of sp³-hybridized carbons (Fsp3) is 0.833. The summed E-state index contributed by atoms with van der Waals surface area (Å²) in [4.78, 5) is 10.9. The topological polar surface area (TPSA) is 46.5 Å². The first kappa shape index (κ1) is 9.10. The maximum atomic E-state index is 10.9. The summed E-state index contributed by atoms with van der Waals surface area (Å²) in [7, 11) is 0. The smallest absolute Gasteiger partial charge is 0.343 e. The summed E-state index contributed by atoms with van der Waals surface area (Å²) in [5.74, 6) is -1.05. The van der Waals surface area contributed by atoms with Crippen LogP contribution in [0.1, 0.15) is 6.92 Å². The van der Waals surface area contributed by atoms with Crippen LogP contribution in [-0.2, 0) is 9.53 Å². The van der Waals surface area contributed by atoms with Crippen LogP contribution in [0.2, 0.25) is 0 Å². The molecule has 0 amide bonds. The number of aliphatic hydroxyl groups is 1. The van der Waals surface area contributed by atoms with Gasteiger partial charge < -0.3 is 9.84 Å². The Morgan fingerprint density at radius 3 is 2.45 bits per heavy atom. The van der Waals surface area contributed by atoms with Crippen molar-refractivity contribution in [2.45, 2.75) is 17.4 Å². The zero-order valence-electron chi connectivity index (χ0n) is 5.88. The minimum absolute atomic E-state index is 0.242. The largest absolute Gasteiger partial charge is 0.457 e. The highest BCUT2D eigenvalue weighted by Crippen LogP contribution is 2.40. The van der Waals surface area contributed by atoms with E-state index in [0.29, 0.717) is 0 Å². The minimum atomic E-state index is -1.49. The Kier molecular flexibility index (Phi) is 2.32. The van der Waals surface area contributed by atoms with Crippen LogP contribution >= 0.6 is 23.2 Å². The summed E-state index contributed by atoms with van der Waals surface area (Å²) in [6.45, 7) is 1.42. The fourth-order valence-corrected chi connectivity index (χ4v) is 1.30. The van der Waals surface area contributed by atoms with E-state index in [4.69, 9.17) is 28.3 Å². The van der Waals surface area contributed by atoms with E-state index in [1.165, 1.54) is 0 Å². The maximum Gasteiger partial charge on any atom is 0.343 e. The zero-order chi connectivity index (χ0) is 8.65. The number of alkyl halides is 2. The monoisotopic (exact) mass is 198 g/mol. The molecule has 0 aromatic rings. The Labute approximate surface area is 74.2 Å². The Hall–Kier alpha value is 0.01000. The van der Waals surface area contributed by atoms with Gasteiger partial charge in [-0.1, -0.05) is 30.1 Å². The molecular weight excluding hydrogens is 191 g/mol. The van der Waals surface area contributed by atoms with E-state index >= 15 is 0 Å². The number of esters is 1. The van der Waals surface area contributed by atoms with Crippen molar-refractivity contribution >= 4 is 29.2 Å². The summed E-state index contributed by atoms with van der Waals surface area (Å²) in [6.07, 6.45) is -0.572. The van der Waals surface area contributed by atoms with E-state index in [1.54, 1.807) is 6.92 Å². The molecule has 0 spiro atoms. The van der Waals surface area contributed by atoms with Gasteiger partial charge in [0.2, 0.25) is 4.33 Å². The van der Waals surface area contributed by atoms with Crippen LogP contribution in [0.3, 0.4) is 0 Å². The fourth-order valence-electron chi connectivity index (χ4n) is 0.933. The number of rotatable bonds is 1. The van der Waals surface area contributed by atoms with E-state index in [0.717, 1.165) is 0 Å². The molecular formula is C6H8Cl2O3. The molecule has 0 saturated carbocycles. The molecule has 1 aliphatic rings. The number of hydrogen-bond acceptors (Lipinski definition) is 3. The third kappa shape index (κ3) is 1.33. The average molecular weight is 199 g/mol. The Morgan fingerprint density at radius 2 is 2.27 bits per heavy atom. The number of aliphatic hydroxyl groups excluding tert-OH is 1. The molecule has 64 valence electrons. The van der Waals surface area contributed by atoms with Gasteiger partial charge in [0, 0.05) is 5.92 Å². The SMILES string of the molecule is C[C@@H]1[C@@H](CO)OC(=O)C1(Cl)Cl. The van der Waals surface area contributed by atoms with E-state index in [-0.39, 0.29) is 12.5 Å². The lowest BCUT2D eigenvalue weighted by Gasteiger charge is -2.14. The molecule has 1 N–H and O–H groups in total. The van der Waals surface area contributed by atoms with Crippen molar-refractivity contribution in [2.24, 2.45) is 5.92 Å². The van der Waals surface area contributed by atoms with Crippen LogP contribution in [0.4, 0.5) is 0 Å². The number of carbonyl (C=O) groups excluding carboxylic acids is 1. The lowest BCUT2D eigenvalue weighted by molar-refractivity contribution is -0.143. The predicted molar refractivity (Wildman–Crippen MR) is 40.6 cm³/mol. The van der Waals surface area contributed by atoms with E-state index in [9.17, 15) is 4.79 Å². The molecule has 1 heterocycles. The van der Waals surface area contributed by atoms with Gasteiger partial charge in [-0.25, -0.2) is 4.79 Å². The molecule has 0 radical (unpaired) electrons. The normalized spacial score (nSPS) is 35.5. The van der Waals surface area contributed by atoms with Crippen molar-refractivity contribution in [1.82, 2.24) is 0 Å². The lowest BCUT2D eigenvalue weighted by atomic mass is 10.0. The molecule has 1 fully saturated rings. The van der Waals surface area contributed by atoms with Gasteiger partial charge in [-0.3, -0.25) is 0 Å². The first-order valence-electron chi connectivity index (χ1n) is 3.20. The van der Waals surface area contributed by atoms with Crippen LogP contribution in [0.25, 0.3) is 0 Å². The first-order chi connectivity index (χ1) is 5.00. The third-order valence-corrected chi connectivity index (χ3v) is 2.84. The van der Waals surface area contributed by atoms with E-state index in [2.05, 4.69) is 4.74 Å². The summed E-state index contributed by atoms with van der Waals surface area (Å²) in [5.41, 5.74) is 0. The third-order valence-electron chi connectivity index (χ3n) is 1.84. The van der Waals surface area contributed by atoms with Crippen LogP contribution < -0.4 is 0 Å². The van der Waals surface area contributed by atoms with Gasteiger partial charge in [-0.05, 0) is 0 Å². The van der Waals surface area contributed by atoms with Crippen molar-refractivity contribution in [3.63, 3.8) is 0 Å². The molecule has 0 unspecified atom stereocenters. The average Bonchev–Trinajstić information content (AvgIpc) is 2.14. The number of cyclic esters (lactones) is 1. The van der Waals surface area contributed by atoms with E-state index in [1.807, 2.05) is 0 Å². The predicted octanol–water partition coefficient (Wildman–Crippen LogP) is 0.714. The molecule has 11 heavy (non-hydrogen) atoms. The number of carbonyl (C=O) groups is 1. The van der Waals surface area contributed by atoms with Crippen LogP contribution in [0, 0.1) is 5.92 Å². The van der Waals surface area contributed by atoms with Gasteiger partial charge in [-0.2, -0.15) is 0 Å². The van der Waals surface area contributed by atoms with Crippen molar-refractivity contribution in [3.05, 3.63) is 0 Å². The quantitative estimate of drug-likeness (QED) is 0.499. The molecule has 1 rings (SSSR count). The molecule has 0 bridgehead atoms. The number of halogens is 2. The molecule has 0 aromatic carbocycles. The van der Waals surface area contributed by atoms with Gasteiger partial charge in [-0.15, -0.1) is 0 Å². The molecule has 0 aromatic heterocycles. The second kappa shape index (κ2) is 2.81. The standard InChI is InChI=1S/C6H8Cl2O3/c1-3-4(2-9)11-5(10)6(3,7)8/h3-4,9H,2H2,1H3/t3-,4-/m1/s1. The molecule has 2 atom stereocenters. The highest BCUT2D eigenvalue weighted by atomic mass is 35.5. The molecule has 5 heteroatoms. The highest BCUT2D eigenvalue weighted by Gasteiger charge is 2.52. The van der Waals surface area contributed by atoms with Crippen molar-refractivity contribution in [2.75, 3.05) is 6.61 Å².